The minimum absolute atomic E-state index is 0.0253. The molecular formula is C16H31NO2. The summed E-state index contributed by atoms with van der Waals surface area (Å²) in [7, 11) is 0. The van der Waals surface area contributed by atoms with Gasteiger partial charge >= 0.3 is 0 Å². The molecule has 3 nitrogen and oxygen atoms in total. The van der Waals surface area contributed by atoms with Crippen LogP contribution in [0.25, 0.3) is 0 Å². The van der Waals surface area contributed by atoms with Gasteiger partial charge < -0.3 is 10.4 Å². The third kappa shape index (κ3) is 15.1. The molecule has 1 amide bonds. The third-order valence-corrected chi connectivity index (χ3v) is 3.10. The van der Waals surface area contributed by atoms with Crippen molar-refractivity contribution >= 4 is 5.91 Å². The number of aliphatic hydroxyl groups excluding tert-OH is 1. The molecule has 0 aliphatic heterocycles. The highest BCUT2D eigenvalue weighted by atomic mass is 16.3. The molecule has 0 aliphatic carbocycles. The smallest absolute Gasteiger partial charge is 0.220 e. The number of unbranched alkanes of at least 4 members (excludes halogenated alkanes) is 7. The molecule has 0 atom stereocenters. The van der Waals surface area contributed by atoms with E-state index in [9.17, 15) is 4.79 Å². The number of aliphatic hydroxyl groups is 1. The fourth-order valence-electron chi connectivity index (χ4n) is 1.92. The zero-order valence-electron chi connectivity index (χ0n) is 12.5. The normalized spacial score (nSPS) is 11.1. The van der Waals surface area contributed by atoms with E-state index in [0.717, 1.165) is 12.8 Å². The number of amides is 1. The summed E-state index contributed by atoms with van der Waals surface area (Å²) < 4.78 is 0. The van der Waals surface area contributed by atoms with Gasteiger partial charge in [0.25, 0.3) is 0 Å². The lowest BCUT2D eigenvalue weighted by molar-refractivity contribution is -0.121. The number of hydrogen-bond acceptors (Lipinski definition) is 2. The van der Waals surface area contributed by atoms with E-state index in [-0.39, 0.29) is 12.5 Å². The van der Waals surface area contributed by atoms with Crippen LogP contribution in [0.4, 0.5) is 0 Å². The van der Waals surface area contributed by atoms with Crippen LogP contribution in [0.15, 0.2) is 12.2 Å². The summed E-state index contributed by atoms with van der Waals surface area (Å²) >= 11 is 0. The number of carbonyl (C=O) groups excluding carboxylic acids is 1. The van der Waals surface area contributed by atoms with Crippen molar-refractivity contribution in [2.24, 2.45) is 0 Å². The molecule has 0 saturated carbocycles. The van der Waals surface area contributed by atoms with Crippen LogP contribution in [-0.2, 0) is 4.79 Å². The zero-order valence-corrected chi connectivity index (χ0v) is 12.5. The van der Waals surface area contributed by atoms with E-state index in [1.165, 1.54) is 44.9 Å². The van der Waals surface area contributed by atoms with Gasteiger partial charge in [-0.1, -0.05) is 51.2 Å². The molecule has 0 rings (SSSR count). The Kier molecular flexibility index (Phi) is 14.6. The van der Waals surface area contributed by atoms with Crippen molar-refractivity contribution in [3.63, 3.8) is 0 Å². The van der Waals surface area contributed by atoms with E-state index < -0.39 is 0 Å². The second-order valence-corrected chi connectivity index (χ2v) is 4.99. The minimum Gasteiger partial charge on any atom is -0.395 e. The Morgan fingerprint density at radius 3 is 2.32 bits per heavy atom. The van der Waals surface area contributed by atoms with Crippen molar-refractivity contribution in [1.29, 1.82) is 0 Å². The van der Waals surface area contributed by atoms with E-state index in [1.54, 1.807) is 0 Å². The minimum atomic E-state index is 0.0253. The lowest BCUT2D eigenvalue weighted by atomic mass is 10.1. The quantitative estimate of drug-likeness (QED) is 0.397. The highest BCUT2D eigenvalue weighted by molar-refractivity contribution is 5.75. The third-order valence-electron chi connectivity index (χ3n) is 3.10. The average Bonchev–Trinajstić information content (AvgIpc) is 2.42. The average molecular weight is 269 g/mol. The molecule has 3 heteroatoms. The second-order valence-electron chi connectivity index (χ2n) is 4.99. The molecular weight excluding hydrogens is 238 g/mol. The van der Waals surface area contributed by atoms with Crippen LogP contribution in [0, 0.1) is 0 Å². The molecule has 0 aromatic rings. The van der Waals surface area contributed by atoms with Crippen molar-refractivity contribution in [2.75, 3.05) is 13.2 Å². The van der Waals surface area contributed by atoms with E-state index in [2.05, 4.69) is 24.4 Å². The van der Waals surface area contributed by atoms with Gasteiger partial charge in [-0.2, -0.15) is 0 Å². The molecule has 0 fully saturated rings. The van der Waals surface area contributed by atoms with Crippen LogP contribution < -0.4 is 5.32 Å². The van der Waals surface area contributed by atoms with Crippen LogP contribution in [0.5, 0.6) is 0 Å². The maximum absolute atomic E-state index is 11.2. The van der Waals surface area contributed by atoms with Crippen LogP contribution in [0.1, 0.15) is 71.1 Å². The molecule has 2 N–H and O–H groups in total. The summed E-state index contributed by atoms with van der Waals surface area (Å²) in [5.41, 5.74) is 0. The molecule has 0 aliphatic rings. The highest BCUT2D eigenvalue weighted by Crippen LogP contribution is 2.08. The van der Waals surface area contributed by atoms with Crippen molar-refractivity contribution in [3.05, 3.63) is 12.2 Å². The van der Waals surface area contributed by atoms with E-state index in [0.29, 0.717) is 13.0 Å². The van der Waals surface area contributed by atoms with Gasteiger partial charge in [0, 0.05) is 13.0 Å². The van der Waals surface area contributed by atoms with Gasteiger partial charge in [-0.25, -0.2) is 0 Å². The maximum atomic E-state index is 11.2. The Hall–Kier alpha value is -0.830. The van der Waals surface area contributed by atoms with Crippen LogP contribution in [0.3, 0.4) is 0 Å². The van der Waals surface area contributed by atoms with Crippen molar-refractivity contribution in [3.8, 4) is 0 Å². The number of nitrogens with one attached hydrogen (secondary N) is 1. The fraction of sp³-hybridized carbons (Fsp3) is 0.812. The Bertz CT molecular complexity index is 227. The van der Waals surface area contributed by atoms with Crippen molar-refractivity contribution in [2.45, 2.75) is 71.1 Å². The SMILES string of the molecule is CCCCC=CCCCCCCCC(=O)NCCO. The monoisotopic (exact) mass is 269 g/mol. The number of rotatable bonds is 13. The second kappa shape index (κ2) is 15.2. The molecule has 0 saturated heterocycles. The Balaban J connectivity index is 3.14. The van der Waals surface area contributed by atoms with E-state index in [4.69, 9.17) is 5.11 Å². The predicted octanol–water partition coefficient (Wildman–Crippen LogP) is 3.57. The van der Waals surface area contributed by atoms with Gasteiger partial charge in [0.2, 0.25) is 5.91 Å². The topological polar surface area (TPSA) is 49.3 Å². The summed E-state index contributed by atoms with van der Waals surface area (Å²) in [5.74, 6) is 0.0629. The van der Waals surface area contributed by atoms with Crippen molar-refractivity contribution in [1.82, 2.24) is 5.32 Å². The lowest BCUT2D eigenvalue weighted by Crippen LogP contribution is -2.25. The summed E-state index contributed by atoms with van der Waals surface area (Å²) in [6, 6.07) is 0. The summed E-state index contributed by atoms with van der Waals surface area (Å²) in [4.78, 5) is 11.2. The number of carbonyl (C=O) groups is 1. The van der Waals surface area contributed by atoms with Gasteiger partial charge in [0.05, 0.1) is 6.61 Å². The predicted molar refractivity (Wildman–Crippen MR) is 81.1 cm³/mol. The zero-order chi connectivity index (χ0) is 14.2. The molecule has 0 aromatic carbocycles. The molecule has 19 heavy (non-hydrogen) atoms. The lowest BCUT2D eigenvalue weighted by Gasteiger charge is -2.03. The van der Waals surface area contributed by atoms with Gasteiger partial charge in [-0.05, 0) is 25.7 Å². The molecule has 112 valence electrons. The summed E-state index contributed by atoms with van der Waals surface area (Å²) in [6.07, 6.45) is 16.0. The van der Waals surface area contributed by atoms with Crippen LogP contribution in [-0.4, -0.2) is 24.2 Å². The molecule has 0 unspecified atom stereocenters. The number of allylic oxidation sites excluding steroid dienone is 2. The first-order chi connectivity index (χ1) is 9.31. The molecule has 0 bridgehead atoms. The summed E-state index contributed by atoms with van der Waals surface area (Å²) in [5, 5.41) is 11.2. The number of hydrogen-bond donors (Lipinski definition) is 2. The van der Waals surface area contributed by atoms with E-state index in [1.807, 2.05) is 0 Å². The Labute approximate surface area is 118 Å². The Morgan fingerprint density at radius 1 is 1.00 bits per heavy atom. The van der Waals surface area contributed by atoms with Gasteiger partial charge in [-0.3, -0.25) is 4.79 Å². The first kappa shape index (κ1) is 18.2. The fourth-order valence-corrected chi connectivity index (χ4v) is 1.92. The first-order valence-electron chi connectivity index (χ1n) is 7.83. The molecule has 0 radical (unpaired) electrons. The van der Waals surface area contributed by atoms with Crippen molar-refractivity contribution < 1.29 is 9.90 Å². The van der Waals surface area contributed by atoms with E-state index >= 15 is 0 Å². The van der Waals surface area contributed by atoms with Crippen LogP contribution in [0.2, 0.25) is 0 Å². The van der Waals surface area contributed by atoms with Crippen LogP contribution >= 0.6 is 0 Å². The molecule has 0 aromatic heterocycles. The van der Waals surface area contributed by atoms with Gasteiger partial charge in [0.1, 0.15) is 0 Å². The maximum Gasteiger partial charge on any atom is 0.220 e. The highest BCUT2D eigenvalue weighted by Gasteiger charge is 1.99. The first-order valence-corrected chi connectivity index (χ1v) is 7.83. The largest absolute Gasteiger partial charge is 0.395 e. The standard InChI is InChI=1S/C16H31NO2/c1-2-3-4-5-6-7-8-9-10-11-12-13-16(19)17-14-15-18/h5-6,18H,2-4,7-15H2,1H3,(H,17,19). The van der Waals surface area contributed by atoms with Gasteiger partial charge in [-0.15, -0.1) is 0 Å². The summed E-state index contributed by atoms with van der Waals surface area (Å²) in [6.45, 7) is 2.62. The van der Waals surface area contributed by atoms with Gasteiger partial charge in [0.15, 0.2) is 0 Å². The Morgan fingerprint density at radius 2 is 1.63 bits per heavy atom. The molecule has 0 spiro atoms. The molecule has 0 heterocycles.